The number of sulfonamides is 1. The third-order valence-corrected chi connectivity index (χ3v) is 5.04. The average Bonchev–Trinajstić information content (AvgIpc) is 2.64. The second kappa shape index (κ2) is 7.42. The summed E-state index contributed by atoms with van der Waals surface area (Å²) in [7, 11) is -3.75. The molecule has 138 valence electrons. The summed E-state index contributed by atoms with van der Waals surface area (Å²) in [6, 6.07) is 13.9. The van der Waals surface area contributed by atoms with Crippen LogP contribution in [0.5, 0.6) is 5.75 Å². The summed E-state index contributed by atoms with van der Waals surface area (Å²) in [4.78, 5) is 4.01. The summed E-state index contributed by atoms with van der Waals surface area (Å²) in [6.07, 6.45) is 1.50. The molecule has 8 nitrogen and oxygen atoms in total. The minimum absolute atomic E-state index is 0.0760. The van der Waals surface area contributed by atoms with Crippen molar-refractivity contribution in [1.82, 2.24) is 4.98 Å². The first kappa shape index (κ1) is 18.3. The van der Waals surface area contributed by atoms with Crippen LogP contribution in [0.2, 0.25) is 0 Å². The van der Waals surface area contributed by atoms with Gasteiger partial charge >= 0.3 is 0 Å². The first-order chi connectivity index (χ1) is 12.8. The van der Waals surface area contributed by atoms with E-state index in [-0.39, 0.29) is 16.5 Å². The molecule has 0 unspecified atom stereocenters. The molecule has 1 aromatic heterocycles. The maximum Gasteiger partial charge on any atom is 0.263 e. The van der Waals surface area contributed by atoms with E-state index < -0.39 is 10.0 Å². The first-order valence-corrected chi connectivity index (χ1v) is 9.38. The van der Waals surface area contributed by atoms with E-state index in [1.807, 2.05) is 0 Å². The molecule has 4 N–H and O–H groups in total. The van der Waals surface area contributed by atoms with Gasteiger partial charge in [-0.2, -0.15) is 5.11 Å². The van der Waals surface area contributed by atoms with Gasteiger partial charge in [-0.15, -0.1) is 5.11 Å². The van der Waals surface area contributed by atoms with Crippen molar-refractivity contribution in [2.24, 2.45) is 10.2 Å². The number of hydrogen-bond acceptors (Lipinski definition) is 7. The van der Waals surface area contributed by atoms with E-state index in [0.717, 1.165) is 0 Å². The largest absolute Gasteiger partial charge is 0.508 e. The molecule has 0 fully saturated rings. The number of aryl methyl sites for hydroxylation is 1. The number of nitrogens with zero attached hydrogens (tertiary/aromatic N) is 3. The van der Waals surface area contributed by atoms with Crippen LogP contribution < -0.4 is 10.5 Å². The Bertz CT molecular complexity index is 1080. The molecule has 2 aromatic carbocycles. The Labute approximate surface area is 156 Å². The highest BCUT2D eigenvalue weighted by atomic mass is 32.2. The van der Waals surface area contributed by atoms with E-state index in [1.165, 1.54) is 36.5 Å². The Morgan fingerprint density at radius 1 is 1.07 bits per heavy atom. The number of azo groups is 1. The summed E-state index contributed by atoms with van der Waals surface area (Å²) in [5.74, 6) is 0.320. The molecule has 0 atom stereocenters. The van der Waals surface area contributed by atoms with E-state index in [4.69, 9.17) is 5.73 Å². The molecule has 0 aliphatic carbocycles. The van der Waals surface area contributed by atoms with Crippen molar-refractivity contribution >= 4 is 32.9 Å². The van der Waals surface area contributed by atoms with Crippen molar-refractivity contribution < 1.29 is 13.5 Å². The van der Waals surface area contributed by atoms with Gasteiger partial charge < -0.3 is 10.8 Å². The summed E-state index contributed by atoms with van der Waals surface area (Å²) in [5.41, 5.74) is 7.59. The van der Waals surface area contributed by atoms with Crippen LogP contribution in [0.4, 0.5) is 22.9 Å². The minimum atomic E-state index is -3.75. The van der Waals surface area contributed by atoms with Crippen molar-refractivity contribution in [3.63, 3.8) is 0 Å². The fourth-order valence-corrected chi connectivity index (χ4v) is 3.22. The highest BCUT2D eigenvalue weighted by Gasteiger charge is 2.14. The predicted molar refractivity (Wildman–Crippen MR) is 103 cm³/mol. The van der Waals surface area contributed by atoms with Crippen LogP contribution in [-0.4, -0.2) is 18.5 Å². The van der Waals surface area contributed by atoms with E-state index in [9.17, 15) is 13.5 Å². The molecular formula is C18H17N5O3S. The number of aromatic hydroxyl groups is 1. The Kier molecular flexibility index (Phi) is 5.04. The standard InChI is InChI=1S/C18H17N5O3S/c1-12-10-16(15(19)11-17(12)24)22-21-13-5-7-14(8-6-13)27(25,26)23-18-4-2-3-9-20-18/h2-11,24H,19H2,1H3,(H,20,23)/b22-21+. The molecule has 0 saturated heterocycles. The highest BCUT2D eigenvalue weighted by molar-refractivity contribution is 7.92. The Morgan fingerprint density at radius 2 is 1.81 bits per heavy atom. The number of rotatable bonds is 5. The van der Waals surface area contributed by atoms with E-state index in [2.05, 4.69) is 19.9 Å². The van der Waals surface area contributed by atoms with Gasteiger partial charge in [0, 0.05) is 12.3 Å². The quantitative estimate of drug-likeness (QED) is 0.454. The number of phenols is 1. The molecule has 0 aliphatic rings. The molecule has 0 amide bonds. The molecule has 0 aliphatic heterocycles. The number of nitrogens with one attached hydrogen (secondary N) is 1. The van der Waals surface area contributed by atoms with Crippen molar-refractivity contribution in [2.75, 3.05) is 10.5 Å². The molecule has 1 heterocycles. The minimum Gasteiger partial charge on any atom is -0.508 e. The number of aromatic nitrogens is 1. The lowest BCUT2D eigenvalue weighted by atomic mass is 10.2. The number of phenolic OH excluding ortho intramolecular Hbond substituents is 1. The SMILES string of the molecule is Cc1cc(/N=N/c2ccc(S(=O)(=O)Nc3ccccn3)cc2)c(N)cc1O. The number of pyridine rings is 1. The fraction of sp³-hybridized carbons (Fsp3) is 0.0556. The maximum absolute atomic E-state index is 12.4. The number of anilines is 2. The third-order valence-electron chi connectivity index (χ3n) is 3.67. The van der Waals surface area contributed by atoms with Gasteiger partial charge in [0.05, 0.1) is 16.3 Å². The average molecular weight is 383 g/mol. The normalized spacial score (nSPS) is 11.6. The van der Waals surface area contributed by atoms with Crippen molar-refractivity contribution in [3.8, 4) is 5.75 Å². The number of nitrogen functional groups attached to an aromatic ring is 1. The van der Waals surface area contributed by atoms with Crippen molar-refractivity contribution in [3.05, 3.63) is 66.4 Å². The topological polar surface area (TPSA) is 130 Å². The second-order valence-electron chi connectivity index (χ2n) is 5.71. The fourth-order valence-electron chi connectivity index (χ4n) is 2.21. The van der Waals surface area contributed by atoms with Crippen LogP contribution in [0, 0.1) is 6.92 Å². The van der Waals surface area contributed by atoms with Gasteiger partial charge in [-0.05, 0) is 55.0 Å². The van der Waals surface area contributed by atoms with Gasteiger partial charge in [0.1, 0.15) is 17.3 Å². The van der Waals surface area contributed by atoms with Crippen molar-refractivity contribution in [2.45, 2.75) is 11.8 Å². The summed E-state index contributed by atoms with van der Waals surface area (Å²) in [6.45, 7) is 1.72. The third kappa shape index (κ3) is 4.39. The van der Waals surface area contributed by atoms with Crippen molar-refractivity contribution in [1.29, 1.82) is 0 Å². The zero-order valence-corrected chi connectivity index (χ0v) is 15.2. The smallest absolute Gasteiger partial charge is 0.263 e. The molecule has 9 heteroatoms. The number of hydrogen-bond donors (Lipinski definition) is 3. The predicted octanol–water partition coefficient (Wildman–Crippen LogP) is 3.89. The highest BCUT2D eigenvalue weighted by Crippen LogP contribution is 2.31. The Balaban J connectivity index is 1.78. The zero-order valence-electron chi connectivity index (χ0n) is 14.4. The van der Waals surface area contributed by atoms with Crippen LogP contribution in [0.25, 0.3) is 0 Å². The van der Waals surface area contributed by atoms with E-state index >= 15 is 0 Å². The Hall–Kier alpha value is -3.46. The van der Waals surface area contributed by atoms with Gasteiger partial charge in [0.2, 0.25) is 0 Å². The molecule has 3 rings (SSSR count). The number of benzene rings is 2. The summed E-state index contributed by atoms with van der Waals surface area (Å²) < 4.78 is 27.1. The first-order valence-electron chi connectivity index (χ1n) is 7.90. The molecule has 27 heavy (non-hydrogen) atoms. The lowest BCUT2D eigenvalue weighted by Gasteiger charge is -2.07. The monoisotopic (exact) mass is 383 g/mol. The Morgan fingerprint density at radius 3 is 2.48 bits per heavy atom. The van der Waals surface area contributed by atoms with Gasteiger partial charge in [0.15, 0.2) is 0 Å². The second-order valence-corrected chi connectivity index (χ2v) is 7.39. The summed E-state index contributed by atoms with van der Waals surface area (Å²) >= 11 is 0. The molecule has 0 spiro atoms. The van der Waals surface area contributed by atoms with Crippen LogP contribution in [0.3, 0.4) is 0 Å². The number of nitrogens with two attached hydrogens (primary N) is 1. The zero-order chi connectivity index (χ0) is 19.4. The molecule has 3 aromatic rings. The van der Waals surface area contributed by atoms with Crippen LogP contribution in [-0.2, 0) is 10.0 Å². The van der Waals surface area contributed by atoms with Crippen LogP contribution >= 0.6 is 0 Å². The molecule has 0 bridgehead atoms. The van der Waals surface area contributed by atoms with Gasteiger partial charge in [-0.3, -0.25) is 4.72 Å². The maximum atomic E-state index is 12.4. The molecule has 0 radical (unpaired) electrons. The van der Waals surface area contributed by atoms with Crippen LogP contribution in [0.15, 0.2) is 75.9 Å². The molecule has 0 saturated carbocycles. The lowest BCUT2D eigenvalue weighted by Crippen LogP contribution is -2.13. The molecular weight excluding hydrogens is 366 g/mol. The lowest BCUT2D eigenvalue weighted by molar-refractivity contribution is 0.471. The van der Waals surface area contributed by atoms with E-state index in [1.54, 1.807) is 31.2 Å². The summed E-state index contributed by atoms with van der Waals surface area (Å²) in [5, 5.41) is 17.7. The van der Waals surface area contributed by atoms with Crippen LogP contribution in [0.1, 0.15) is 5.56 Å². The van der Waals surface area contributed by atoms with Gasteiger partial charge in [0.25, 0.3) is 10.0 Å². The van der Waals surface area contributed by atoms with E-state index in [0.29, 0.717) is 22.6 Å². The van der Waals surface area contributed by atoms with Gasteiger partial charge in [-0.1, -0.05) is 6.07 Å². The van der Waals surface area contributed by atoms with Gasteiger partial charge in [-0.25, -0.2) is 13.4 Å².